The van der Waals surface area contributed by atoms with E-state index in [0.717, 1.165) is 24.8 Å². The summed E-state index contributed by atoms with van der Waals surface area (Å²) in [6, 6.07) is 8.62. The molecule has 0 atom stereocenters. The van der Waals surface area contributed by atoms with Gasteiger partial charge in [0.2, 0.25) is 0 Å². The Morgan fingerprint density at radius 1 is 1.28 bits per heavy atom. The summed E-state index contributed by atoms with van der Waals surface area (Å²) in [4.78, 5) is 27.0. The summed E-state index contributed by atoms with van der Waals surface area (Å²) >= 11 is 0. The highest BCUT2D eigenvalue weighted by Gasteiger charge is 2.24. The second-order valence-corrected chi connectivity index (χ2v) is 6.97. The molecule has 2 amide bonds. The van der Waals surface area contributed by atoms with Crippen LogP contribution in [-0.2, 0) is 4.74 Å². The van der Waals surface area contributed by atoms with Crippen LogP contribution in [0.3, 0.4) is 0 Å². The predicted molar refractivity (Wildman–Crippen MR) is 114 cm³/mol. The molecule has 8 heteroatoms. The number of halogens is 1. The van der Waals surface area contributed by atoms with Crippen LogP contribution in [0.25, 0.3) is 0 Å². The fourth-order valence-electron chi connectivity index (χ4n) is 3.22. The Kier molecular flexibility index (Phi) is 8.70. The molecule has 0 radical (unpaired) electrons. The Labute approximate surface area is 177 Å². The quantitative estimate of drug-likeness (QED) is 0.669. The van der Waals surface area contributed by atoms with Crippen molar-refractivity contribution in [2.24, 2.45) is 5.73 Å². The molecular formula is C21H28ClN3O4. The first-order chi connectivity index (χ1) is 13.6. The highest BCUT2D eigenvalue weighted by atomic mass is 35.5. The lowest BCUT2D eigenvalue weighted by Gasteiger charge is -2.32. The molecule has 0 aliphatic carbocycles. The van der Waals surface area contributed by atoms with Gasteiger partial charge in [-0.1, -0.05) is 6.07 Å². The number of piperidine rings is 1. The van der Waals surface area contributed by atoms with Crippen molar-refractivity contribution in [3.05, 3.63) is 53.5 Å². The molecular weight excluding hydrogens is 394 g/mol. The minimum atomic E-state index is -0.340. The van der Waals surface area contributed by atoms with E-state index in [1.807, 2.05) is 17.9 Å². The number of ether oxygens (including phenoxy) is 1. The molecule has 1 fully saturated rings. The Morgan fingerprint density at radius 2 is 2.03 bits per heavy atom. The zero-order valence-electron chi connectivity index (χ0n) is 16.6. The van der Waals surface area contributed by atoms with Gasteiger partial charge in [0.15, 0.2) is 5.76 Å². The van der Waals surface area contributed by atoms with Gasteiger partial charge in [0, 0.05) is 30.9 Å². The van der Waals surface area contributed by atoms with E-state index in [2.05, 4.69) is 5.32 Å². The summed E-state index contributed by atoms with van der Waals surface area (Å²) in [5.74, 6) is -0.144. The van der Waals surface area contributed by atoms with Crippen LogP contribution >= 0.6 is 12.4 Å². The third-order valence-electron chi connectivity index (χ3n) is 4.91. The zero-order valence-corrected chi connectivity index (χ0v) is 17.4. The topological polar surface area (TPSA) is 97.8 Å². The SMILES string of the molecule is Cc1ccc(C(=O)N2CCC(OCCCN)CC2)cc1NC(=O)c1ccco1.Cl. The van der Waals surface area contributed by atoms with Gasteiger partial charge in [0.05, 0.1) is 12.4 Å². The Bertz CT molecular complexity index is 802. The van der Waals surface area contributed by atoms with Gasteiger partial charge in [-0.2, -0.15) is 0 Å². The van der Waals surface area contributed by atoms with Crippen LogP contribution < -0.4 is 11.1 Å². The fourth-order valence-corrected chi connectivity index (χ4v) is 3.22. The minimum absolute atomic E-state index is 0. The number of benzene rings is 1. The Hall–Kier alpha value is -2.35. The molecule has 1 saturated heterocycles. The van der Waals surface area contributed by atoms with Crippen LogP contribution in [0.2, 0.25) is 0 Å². The van der Waals surface area contributed by atoms with Crippen LogP contribution in [0.15, 0.2) is 41.0 Å². The molecule has 1 aliphatic heterocycles. The number of aryl methyl sites for hydroxylation is 1. The van der Waals surface area contributed by atoms with Gasteiger partial charge < -0.3 is 25.1 Å². The van der Waals surface area contributed by atoms with E-state index in [-0.39, 0.29) is 36.1 Å². The van der Waals surface area contributed by atoms with Crippen molar-refractivity contribution in [3.8, 4) is 0 Å². The maximum atomic E-state index is 12.9. The Morgan fingerprint density at radius 3 is 2.69 bits per heavy atom. The van der Waals surface area contributed by atoms with E-state index < -0.39 is 0 Å². The molecule has 3 N–H and O–H groups in total. The molecule has 1 aliphatic rings. The molecule has 2 aromatic rings. The molecule has 158 valence electrons. The van der Waals surface area contributed by atoms with Crippen molar-refractivity contribution < 1.29 is 18.7 Å². The van der Waals surface area contributed by atoms with Crippen molar-refractivity contribution in [1.29, 1.82) is 0 Å². The van der Waals surface area contributed by atoms with E-state index in [0.29, 0.717) is 37.5 Å². The van der Waals surface area contributed by atoms with E-state index in [1.165, 1.54) is 6.26 Å². The van der Waals surface area contributed by atoms with Crippen molar-refractivity contribution in [3.63, 3.8) is 0 Å². The van der Waals surface area contributed by atoms with E-state index in [4.69, 9.17) is 14.9 Å². The van der Waals surface area contributed by atoms with Crippen molar-refractivity contribution in [1.82, 2.24) is 4.90 Å². The van der Waals surface area contributed by atoms with E-state index in [1.54, 1.807) is 24.3 Å². The van der Waals surface area contributed by atoms with Gasteiger partial charge in [0.25, 0.3) is 11.8 Å². The fraction of sp³-hybridized carbons (Fsp3) is 0.429. The highest BCUT2D eigenvalue weighted by molar-refractivity contribution is 6.03. The van der Waals surface area contributed by atoms with Gasteiger partial charge >= 0.3 is 0 Å². The molecule has 2 heterocycles. The molecule has 0 unspecified atom stereocenters. The molecule has 1 aromatic heterocycles. The van der Waals surface area contributed by atoms with Gasteiger partial charge in [-0.05, 0) is 62.6 Å². The third kappa shape index (κ3) is 6.06. The monoisotopic (exact) mass is 421 g/mol. The van der Waals surface area contributed by atoms with Crippen LogP contribution in [0, 0.1) is 6.92 Å². The number of amides is 2. The first-order valence-corrected chi connectivity index (χ1v) is 9.65. The second kappa shape index (κ2) is 11.0. The number of nitrogens with zero attached hydrogens (tertiary/aromatic N) is 1. The number of furan rings is 1. The van der Waals surface area contributed by atoms with Crippen molar-refractivity contribution in [2.75, 3.05) is 31.6 Å². The van der Waals surface area contributed by atoms with E-state index in [9.17, 15) is 9.59 Å². The molecule has 0 bridgehead atoms. The smallest absolute Gasteiger partial charge is 0.291 e. The number of nitrogens with one attached hydrogen (secondary N) is 1. The summed E-state index contributed by atoms with van der Waals surface area (Å²) in [5.41, 5.74) is 7.53. The summed E-state index contributed by atoms with van der Waals surface area (Å²) in [6.45, 7) is 4.51. The lowest BCUT2D eigenvalue weighted by atomic mass is 10.0. The average molecular weight is 422 g/mol. The first-order valence-electron chi connectivity index (χ1n) is 9.65. The zero-order chi connectivity index (χ0) is 19.9. The van der Waals surface area contributed by atoms with Gasteiger partial charge in [-0.3, -0.25) is 9.59 Å². The number of carbonyl (C=O) groups is 2. The largest absolute Gasteiger partial charge is 0.459 e. The van der Waals surface area contributed by atoms with Crippen molar-refractivity contribution in [2.45, 2.75) is 32.3 Å². The summed E-state index contributed by atoms with van der Waals surface area (Å²) in [5, 5.41) is 2.81. The van der Waals surface area contributed by atoms with Crippen LogP contribution in [0.4, 0.5) is 5.69 Å². The standard InChI is InChI=1S/C21H27N3O4.ClH/c1-15-5-6-16(14-18(15)23-20(25)19-4-2-12-28-19)21(26)24-10-7-17(8-11-24)27-13-3-9-22;/h2,4-6,12,14,17H,3,7-11,13,22H2,1H3,(H,23,25);1H. The molecule has 3 rings (SSSR count). The summed E-state index contributed by atoms with van der Waals surface area (Å²) in [7, 11) is 0. The highest BCUT2D eigenvalue weighted by Crippen LogP contribution is 2.21. The van der Waals surface area contributed by atoms with Gasteiger partial charge in [-0.25, -0.2) is 0 Å². The van der Waals surface area contributed by atoms with Gasteiger partial charge in [-0.15, -0.1) is 12.4 Å². The number of rotatable bonds is 7. The molecule has 7 nitrogen and oxygen atoms in total. The number of likely N-dealkylation sites (tertiary alicyclic amines) is 1. The Balaban J connectivity index is 0.00000300. The number of hydrogen-bond donors (Lipinski definition) is 2. The molecule has 0 saturated carbocycles. The van der Waals surface area contributed by atoms with E-state index >= 15 is 0 Å². The molecule has 0 spiro atoms. The number of hydrogen-bond acceptors (Lipinski definition) is 5. The third-order valence-corrected chi connectivity index (χ3v) is 4.91. The first kappa shape index (κ1) is 22.9. The average Bonchev–Trinajstić information content (AvgIpc) is 3.25. The van der Waals surface area contributed by atoms with Crippen molar-refractivity contribution >= 4 is 29.9 Å². The lowest BCUT2D eigenvalue weighted by Crippen LogP contribution is -2.41. The maximum Gasteiger partial charge on any atom is 0.291 e. The minimum Gasteiger partial charge on any atom is -0.459 e. The molecule has 1 aromatic carbocycles. The lowest BCUT2D eigenvalue weighted by molar-refractivity contribution is 0.00844. The second-order valence-electron chi connectivity index (χ2n) is 6.97. The normalized spacial score (nSPS) is 14.3. The molecule has 29 heavy (non-hydrogen) atoms. The number of anilines is 1. The van der Waals surface area contributed by atoms with Gasteiger partial charge in [0.1, 0.15) is 0 Å². The van der Waals surface area contributed by atoms with Crippen LogP contribution in [-0.4, -0.2) is 49.1 Å². The summed E-state index contributed by atoms with van der Waals surface area (Å²) < 4.78 is 10.9. The number of nitrogens with two attached hydrogens (primary N) is 1. The predicted octanol–water partition coefficient (Wildman–Crippen LogP) is 3.23. The number of carbonyl (C=O) groups excluding carboxylic acids is 2. The van der Waals surface area contributed by atoms with Crippen LogP contribution in [0.1, 0.15) is 45.7 Å². The maximum absolute atomic E-state index is 12.9. The van der Waals surface area contributed by atoms with Crippen LogP contribution in [0.5, 0.6) is 0 Å². The summed E-state index contributed by atoms with van der Waals surface area (Å²) in [6.07, 6.45) is 4.14.